The minimum Gasteiger partial charge on any atom is -0.496 e. The first-order valence-electron chi connectivity index (χ1n) is 10.7. The molecule has 162 valence electrons. The zero-order chi connectivity index (χ0) is 21.6. The van der Waals surface area contributed by atoms with Crippen LogP contribution in [-0.2, 0) is 10.5 Å². The third-order valence-corrected chi connectivity index (χ3v) is 6.77. The lowest BCUT2D eigenvalue weighted by Gasteiger charge is -2.15. The summed E-state index contributed by atoms with van der Waals surface area (Å²) in [5.41, 5.74) is 4.16. The fourth-order valence-corrected chi connectivity index (χ4v) is 5.03. The molecule has 1 aliphatic carbocycles. The number of carbonyl (C=O) groups excluding carboxylic acids is 1. The van der Waals surface area contributed by atoms with Gasteiger partial charge in [0, 0.05) is 17.7 Å². The molecule has 1 heterocycles. The molecule has 2 aromatic carbocycles. The molecule has 0 bridgehead atoms. The van der Waals surface area contributed by atoms with E-state index in [0.717, 1.165) is 17.7 Å². The van der Waals surface area contributed by atoms with Gasteiger partial charge in [0.25, 0.3) is 5.56 Å². The lowest BCUT2D eigenvalue weighted by molar-refractivity contribution is -0.117. The number of nitrogens with zero attached hydrogens (tertiary/aromatic N) is 2. The van der Waals surface area contributed by atoms with E-state index in [0.29, 0.717) is 34.2 Å². The second kappa shape index (κ2) is 10.0. The van der Waals surface area contributed by atoms with Crippen molar-refractivity contribution in [2.75, 3.05) is 12.5 Å². The molecule has 3 aromatic rings. The largest absolute Gasteiger partial charge is 0.496 e. The molecule has 0 atom stereocenters. The van der Waals surface area contributed by atoms with Crippen molar-refractivity contribution in [3.8, 4) is 5.75 Å². The Morgan fingerprint density at radius 1 is 1.16 bits per heavy atom. The highest BCUT2D eigenvalue weighted by atomic mass is 32.2. The van der Waals surface area contributed by atoms with Crippen molar-refractivity contribution >= 4 is 28.6 Å². The molecule has 0 spiro atoms. The molecule has 0 aliphatic heterocycles. The summed E-state index contributed by atoms with van der Waals surface area (Å²) in [6.45, 7) is 0. The highest BCUT2D eigenvalue weighted by molar-refractivity contribution is 7.98. The molecule has 1 amide bonds. The van der Waals surface area contributed by atoms with Crippen molar-refractivity contribution in [2.24, 2.45) is 5.92 Å². The van der Waals surface area contributed by atoms with Crippen molar-refractivity contribution in [2.45, 2.75) is 49.4 Å². The topological polar surface area (TPSA) is 73.2 Å². The number of ether oxygens (including phenoxy) is 1. The minimum absolute atomic E-state index is 0.148. The Kier molecular flexibility index (Phi) is 6.92. The first-order chi connectivity index (χ1) is 15.2. The van der Waals surface area contributed by atoms with E-state index in [1.165, 1.54) is 42.1 Å². The predicted molar refractivity (Wildman–Crippen MR) is 124 cm³/mol. The first kappa shape index (κ1) is 21.4. The Balaban J connectivity index is 1.58. The van der Waals surface area contributed by atoms with Gasteiger partial charge in [0.1, 0.15) is 5.75 Å². The van der Waals surface area contributed by atoms with Gasteiger partial charge in [0.15, 0.2) is 5.16 Å². The fraction of sp³-hybridized carbons (Fsp3) is 0.375. The van der Waals surface area contributed by atoms with Crippen LogP contribution in [0.15, 0.2) is 58.5 Å². The second-order valence-electron chi connectivity index (χ2n) is 7.88. The van der Waals surface area contributed by atoms with Gasteiger partial charge in [-0.05, 0) is 30.5 Å². The Morgan fingerprint density at radius 3 is 2.71 bits per heavy atom. The van der Waals surface area contributed by atoms with Gasteiger partial charge >= 0.3 is 0 Å². The molecule has 31 heavy (non-hydrogen) atoms. The van der Waals surface area contributed by atoms with E-state index in [9.17, 15) is 9.59 Å². The van der Waals surface area contributed by atoms with Crippen LogP contribution in [0.25, 0.3) is 10.9 Å². The standard InChI is InChI=1S/C24H27N3O3S/c1-30-21-13-7-4-10-18(21)16-31-24-25-20-12-6-5-11-19(20)23(29)27(24)26-22(28)15-14-17-8-2-3-9-17/h4-7,10-13,17H,2-3,8-9,14-16H2,1H3,(H,26,28). The molecule has 0 unspecified atom stereocenters. The number of amides is 1. The van der Waals surface area contributed by atoms with Crippen molar-refractivity contribution in [3.63, 3.8) is 0 Å². The zero-order valence-corrected chi connectivity index (χ0v) is 18.5. The van der Waals surface area contributed by atoms with Crippen LogP contribution in [0.4, 0.5) is 0 Å². The zero-order valence-electron chi connectivity index (χ0n) is 17.7. The third kappa shape index (κ3) is 5.10. The van der Waals surface area contributed by atoms with Crippen LogP contribution in [0.2, 0.25) is 0 Å². The van der Waals surface area contributed by atoms with Crippen LogP contribution < -0.4 is 15.7 Å². The molecule has 6 nitrogen and oxygen atoms in total. The van der Waals surface area contributed by atoms with Crippen LogP contribution in [0.5, 0.6) is 5.75 Å². The van der Waals surface area contributed by atoms with Gasteiger partial charge in [-0.2, -0.15) is 4.68 Å². The van der Waals surface area contributed by atoms with Gasteiger partial charge in [-0.15, -0.1) is 0 Å². The van der Waals surface area contributed by atoms with E-state index < -0.39 is 0 Å². The normalized spacial score (nSPS) is 14.1. The smallest absolute Gasteiger partial charge is 0.281 e. The van der Waals surface area contributed by atoms with Gasteiger partial charge in [0.2, 0.25) is 5.91 Å². The summed E-state index contributed by atoms with van der Waals surface area (Å²) >= 11 is 1.40. The Labute approximate surface area is 186 Å². The van der Waals surface area contributed by atoms with Crippen LogP contribution in [0.3, 0.4) is 0 Å². The molecule has 1 saturated carbocycles. The first-order valence-corrected chi connectivity index (χ1v) is 11.7. The summed E-state index contributed by atoms with van der Waals surface area (Å²) in [4.78, 5) is 30.5. The maximum absolute atomic E-state index is 13.1. The van der Waals surface area contributed by atoms with E-state index in [1.54, 1.807) is 19.2 Å². The second-order valence-corrected chi connectivity index (χ2v) is 8.82. The van der Waals surface area contributed by atoms with Crippen molar-refractivity contribution in [3.05, 3.63) is 64.4 Å². The van der Waals surface area contributed by atoms with E-state index in [1.807, 2.05) is 36.4 Å². The van der Waals surface area contributed by atoms with E-state index in [2.05, 4.69) is 10.4 Å². The number of aromatic nitrogens is 2. The van der Waals surface area contributed by atoms with Crippen molar-refractivity contribution in [1.82, 2.24) is 9.66 Å². The average molecular weight is 438 g/mol. The van der Waals surface area contributed by atoms with Gasteiger partial charge in [-0.3, -0.25) is 15.0 Å². The van der Waals surface area contributed by atoms with Crippen LogP contribution >= 0.6 is 11.8 Å². The van der Waals surface area contributed by atoms with Crippen molar-refractivity contribution in [1.29, 1.82) is 0 Å². The van der Waals surface area contributed by atoms with Gasteiger partial charge in [-0.1, -0.05) is 67.8 Å². The van der Waals surface area contributed by atoms with Gasteiger partial charge in [-0.25, -0.2) is 4.98 Å². The molecule has 0 saturated heterocycles. The summed E-state index contributed by atoms with van der Waals surface area (Å²) in [5.74, 6) is 1.82. The quantitative estimate of drug-likeness (QED) is 0.407. The number of para-hydroxylation sites is 2. The highest BCUT2D eigenvalue weighted by Crippen LogP contribution is 2.29. The fourth-order valence-electron chi connectivity index (χ4n) is 4.09. The molecule has 1 aromatic heterocycles. The maximum atomic E-state index is 13.1. The van der Waals surface area contributed by atoms with E-state index >= 15 is 0 Å². The maximum Gasteiger partial charge on any atom is 0.281 e. The summed E-state index contributed by atoms with van der Waals surface area (Å²) in [6, 6.07) is 15.0. The Hall–Kier alpha value is -2.80. The Bertz CT molecular complexity index is 1120. The highest BCUT2D eigenvalue weighted by Gasteiger charge is 2.18. The summed E-state index contributed by atoms with van der Waals surface area (Å²) < 4.78 is 6.74. The molecule has 1 aliphatic rings. The van der Waals surface area contributed by atoms with Gasteiger partial charge < -0.3 is 4.74 Å². The predicted octanol–water partition coefficient (Wildman–Crippen LogP) is 4.74. The monoisotopic (exact) mass is 437 g/mol. The number of hydrogen-bond donors (Lipinski definition) is 1. The molecular formula is C24H27N3O3S. The van der Waals surface area contributed by atoms with Crippen molar-refractivity contribution < 1.29 is 9.53 Å². The summed E-state index contributed by atoms with van der Waals surface area (Å²) in [5, 5.41) is 0.948. The van der Waals surface area contributed by atoms with Crippen LogP contribution in [0.1, 0.15) is 44.1 Å². The molecule has 1 N–H and O–H groups in total. The molecule has 1 fully saturated rings. The molecule has 7 heteroatoms. The number of nitrogens with one attached hydrogen (secondary N) is 1. The molecule has 0 radical (unpaired) electrons. The number of thioether (sulfide) groups is 1. The summed E-state index contributed by atoms with van der Waals surface area (Å²) in [7, 11) is 1.64. The lowest BCUT2D eigenvalue weighted by atomic mass is 10.0. The van der Waals surface area contributed by atoms with Crippen LogP contribution in [-0.4, -0.2) is 22.7 Å². The number of fused-ring (bicyclic) bond motifs is 1. The minimum atomic E-state index is -0.262. The summed E-state index contributed by atoms with van der Waals surface area (Å²) in [6.07, 6.45) is 6.19. The number of rotatable bonds is 8. The number of hydrogen-bond acceptors (Lipinski definition) is 5. The van der Waals surface area contributed by atoms with Gasteiger partial charge in [0.05, 0.1) is 18.0 Å². The van der Waals surface area contributed by atoms with E-state index in [4.69, 9.17) is 4.74 Å². The van der Waals surface area contributed by atoms with E-state index in [-0.39, 0.29) is 11.5 Å². The number of benzene rings is 2. The number of methoxy groups -OCH3 is 1. The SMILES string of the molecule is COc1ccccc1CSc1nc2ccccc2c(=O)n1NC(=O)CCC1CCCC1. The lowest BCUT2D eigenvalue weighted by Crippen LogP contribution is -2.35. The Morgan fingerprint density at radius 2 is 1.90 bits per heavy atom. The third-order valence-electron chi connectivity index (χ3n) is 5.79. The molecule has 4 rings (SSSR count). The molecular weight excluding hydrogens is 410 g/mol. The number of carbonyl (C=O) groups is 1. The average Bonchev–Trinajstić information content (AvgIpc) is 3.32. The van der Waals surface area contributed by atoms with Crippen LogP contribution in [0, 0.1) is 5.92 Å².